The van der Waals surface area contributed by atoms with Gasteiger partial charge in [0, 0.05) is 0 Å². The summed E-state index contributed by atoms with van der Waals surface area (Å²) in [7, 11) is 1.61. The third-order valence-electron chi connectivity index (χ3n) is 3.66. The number of rotatable bonds is 6. The highest BCUT2D eigenvalue weighted by Crippen LogP contribution is 2.29. The standard InChI is InChI=1S/C17H14N6O3S/c1-25-13-6-7-14-15(8-13)27-17(19-14)20-16(24)9-26-12-4-2-11(3-5-12)23-10-18-21-22-23/h2-8,10H,9H2,1H3,(H,19,20,24). The molecule has 0 aliphatic carbocycles. The number of carbonyl (C=O) groups excluding carboxylic acids is 1. The molecule has 0 bridgehead atoms. The quantitative estimate of drug-likeness (QED) is 0.545. The van der Waals surface area contributed by atoms with Crippen LogP contribution in [-0.2, 0) is 4.79 Å². The molecule has 1 amide bonds. The number of benzene rings is 2. The molecule has 10 heteroatoms. The molecule has 0 atom stereocenters. The highest BCUT2D eigenvalue weighted by Gasteiger charge is 2.09. The van der Waals surface area contributed by atoms with Crippen LogP contribution >= 0.6 is 11.3 Å². The molecule has 136 valence electrons. The minimum atomic E-state index is -0.287. The molecule has 0 saturated carbocycles. The molecular weight excluding hydrogens is 368 g/mol. The first-order chi connectivity index (χ1) is 13.2. The van der Waals surface area contributed by atoms with Crippen LogP contribution in [0.1, 0.15) is 0 Å². The van der Waals surface area contributed by atoms with Gasteiger partial charge in [0.05, 0.1) is 23.0 Å². The van der Waals surface area contributed by atoms with Gasteiger partial charge in [-0.15, -0.1) is 5.10 Å². The number of aromatic nitrogens is 5. The van der Waals surface area contributed by atoms with Gasteiger partial charge in [-0.3, -0.25) is 10.1 Å². The summed E-state index contributed by atoms with van der Waals surface area (Å²) < 4.78 is 13.2. The molecule has 27 heavy (non-hydrogen) atoms. The van der Waals surface area contributed by atoms with Crippen molar-refractivity contribution in [2.45, 2.75) is 0 Å². The molecule has 2 heterocycles. The molecule has 0 unspecified atom stereocenters. The first-order valence-corrected chi connectivity index (χ1v) is 8.73. The van der Waals surface area contributed by atoms with E-state index in [1.165, 1.54) is 22.3 Å². The Hall–Kier alpha value is -3.53. The fourth-order valence-electron chi connectivity index (χ4n) is 2.36. The lowest BCUT2D eigenvalue weighted by Gasteiger charge is -2.06. The number of thiazole rings is 1. The smallest absolute Gasteiger partial charge is 0.264 e. The lowest BCUT2D eigenvalue weighted by atomic mass is 10.3. The summed E-state index contributed by atoms with van der Waals surface area (Å²) in [6.07, 6.45) is 1.50. The van der Waals surface area contributed by atoms with Crippen LogP contribution in [0.25, 0.3) is 15.9 Å². The molecule has 0 spiro atoms. The van der Waals surface area contributed by atoms with Crippen LogP contribution in [0, 0.1) is 0 Å². The molecule has 0 saturated heterocycles. The van der Waals surface area contributed by atoms with Gasteiger partial charge < -0.3 is 9.47 Å². The fraction of sp³-hybridized carbons (Fsp3) is 0.118. The van der Waals surface area contributed by atoms with E-state index in [2.05, 4.69) is 25.8 Å². The summed E-state index contributed by atoms with van der Waals surface area (Å²) in [6.45, 7) is -0.122. The molecule has 0 fully saturated rings. The highest BCUT2D eigenvalue weighted by molar-refractivity contribution is 7.22. The summed E-state index contributed by atoms with van der Waals surface area (Å²) in [4.78, 5) is 16.5. The van der Waals surface area contributed by atoms with Crippen molar-refractivity contribution >= 4 is 32.6 Å². The van der Waals surface area contributed by atoms with E-state index in [0.29, 0.717) is 10.9 Å². The summed E-state index contributed by atoms with van der Waals surface area (Å²) in [5.74, 6) is 1.03. The Balaban J connectivity index is 1.35. The summed E-state index contributed by atoms with van der Waals surface area (Å²) in [6, 6.07) is 12.6. The van der Waals surface area contributed by atoms with Crippen LogP contribution in [0.2, 0.25) is 0 Å². The first kappa shape index (κ1) is 16.9. The topological polar surface area (TPSA) is 104 Å². The number of nitrogens with zero attached hydrogens (tertiary/aromatic N) is 5. The number of nitrogens with one attached hydrogen (secondary N) is 1. The van der Waals surface area contributed by atoms with Crippen molar-refractivity contribution in [3.63, 3.8) is 0 Å². The molecule has 1 N–H and O–H groups in total. The number of fused-ring (bicyclic) bond motifs is 1. The zero-order valence-electron chi connectivity index (χ0n) is 14.2. The van der Waals surface area contributed by atoms with E-state index >= 15 is 0 Å². The van der Waals surface area contributed by atoms with Crippen LogP contribution in [0.5, 0.6) is 11.5 Å². The second kappa shape index (κ2) is 7.38. The van der Waals surface area contributed by atoms with Gasteiger partial charge in [0.1, 0.15) is 17.8 Å². The Morgan fingerprint density at radius 2 is 2.00 bits per heavy atom. The third kappa shape index (κ3) is 3.85. The van der Waals surface area contributed by atoms with Crippen molar-refractivity contribution in [1.82, 2.24) is 25.2 Å². The highest BCUT2D eigenvalue weighted by atomic mass is 32.1. The summed E-state index contributed by atoms with van der Waals surface area (Å²) >= 11 is 1.38. The van der Waals surface area contributed by atoms with Crippen LogP contribution < -0.4 is 14.8 Å². The fourth-order valence-corrected chi connectivity index (χ4v) is 3.27. The maximum Gasteiger partial charge on any atom is 0.264 e. The maximum absolute atomic E-state index is 12.1. The van der Waals surface area contributed by atoms with E-state index in [1.54, 1.807) is 31.4 Å². The second-order valence-electron chi connectivity index (χ2n) is 5.44. The SMILES string of the molecule is COc1ccc2nc(NC(=O)COc3ccc(-n4cnnn4)cc3)sc2c1. The normalized spacial score (nSPS) is 10.7. The van der Waals surface area contributed by atoms with Gasteiger partial charge >= 0.3 is 0 Å². The van der Waals surface area contributed by atoms with Crippen molar-refractivity contribution in [2.24, 2.45) is 0 Å². The molecular formula is C17H14N6O3S. The molecule has 2 aromatic carbocycles. The number of carbonyl (C=O) groups is 1. The third-order valence-corrected chi connectivity index (χ3v) is 4.60. The molecule has 4 rings (SSSR count). The molecule has 0 aliphatic heterocycles. The maximum atomic E-state index is 12.1. The van der Waals surface area contributed by atoms with Crippen LogP contribution in [0.15, 0.2) is 48.8 Å². The van der Waals surface area contributed by atoms with Crippen molar-refractivity contribution in [1.29, 1.82) is 0 Å². The van der Waals surface area contributed by atoms with E-state index in [4.69, 9.17) is 9.47 Å². The predicted molar refractivity (Wildman–Crippen MR) is 99.5 cm³/mol. The van der Waals surface area contributed by atoms with E-state index in [9.17, 15) is 4.79 Å². The molecule has 2 aromatic heterocycles. The van der Waals surface area contributed by atoms with E-state index < -0.39 is 0 Å². The molecule has 0 radical (unpaired) electrons. The van der Waals surface area contributed by atoms with Gasteiger partial charge in [-0.25, -0.2) is 9.67 Å². The van der Waals surface area contributed by atoms with Gasteiger partial charge in [-0.05, 0) is 52.9 Å². The van der Waals surface area contributed by atoms with Crippen LogP contribution in [0.4, 0.5) is 5.13 Å². The van der Waals surface area contributed by atoms with Crippen molar-refractivity contribution in [3.8, 4) is 17.2 Å². The zero-order valence-corrected chi connectivity index (χ0v) is 15.0. The number of amides is 1. The monoisotopic (exact) mass is 382 g/mol. The number of hydrogen-bond acceptors (Lipinski definition) is 8. The average Bonchev–Trinajstić information content (AvgIpc) is 3.35. The Morgan fingerprint density at radius 3 is 2.74 bits per heavy atom. The van der Waals surface area contributed by atoms with Crippen molar-refractivity contribution in [2.75, 3.05) is 19.0 Å². The van der Waals surface area contributed by atoms with Gasteiger partial charge in [0.2, 0.25) is 0 Å². The predicted octanol–water partition coefficient (Wildman–Crippen LogP) is 2.30. The van der Waals surface area contributed by atoms with E-state index in [1.807, 2.05) is 18.2 Å². The van der Waals surface area contributed by atoms with Gasteiger partial charge in [-0.2, -0.15) is 0 Å². The Kier molecular flexibility index (Phi) is 4.62. The largest absolute Gasteiger partial charge is 0.497 e. The lowest BCUT2D eigenvalue weighted by molar-refractivity contribution is -0.118. The lowest BCUT2D eigenvalue weighted by Crippen LogP contribution is -2.20. The van der Waals surface area contributed by atoms with Crippen molar-refractivity contribution in [3.05, 3.63) is 48.8 Å². The number of anilines is 1. The number of hydrogen-bond donors (Lipinski definition) is 1. The van der Waals surface area contributed by atoms with E-state index in [0.717, 1.165) is 21.7 Å². The van der Waals surface area contributed by atoms with Gasteiger partial charge in [0.15, 0.2) is 11.7 Å². The Labute approximate surface area is 157 Å². The van der Waals surface area contributed by atoms with Crippen LogP contribution in [-0.4, -0.2) is 44.8 Å². The number of ether oxygens (including phenoxy) is 2. The second-order valence-corrected chi connectivity index (χ2v) is 6.47. The Bertz CT molecular complexity index is 1060. The van der Waals surface area contributed by atoms with Crippen molar-refractivity contribution < 1.29 is 14.3 Å². The Morgan fingerprint density at radius 1 is 1.19 bits per heavy atom. The van der Waals surface area contributed by atoms with Gasteiger partial charge in [0.25, 0.3) is 5.91 Å². The average molecular weight is 382 g/mol. The molecule has 0 aliphatic rings. The molecule has 4 aromatic rings. The minimum absolute atomic E-state index is 0.122. The number of methoxy groups -OCH3 is 1. The zero-order chi connectivity index (χ0) is 18.6. The van der Waals surface area contributed by atoms with Gasteiger partial charge in [-0.1, -0.05) is 11.3 Å². The van der Waals surface area contributed by atoms with Crippen LogP contribution in [0.3, 0.4) is 0 Å². The molecule has 9 nitrogen and oxygen atoms in total. The van der Waals surface area contributed by atoms with E-state index in [-0.39, 0.29) is 12.5 Å². The summed E-state index contributed by atoms with van der Waals surface area (Å²) in [5.41, 5.74) is 1.59. The summed E-state index contributed by atoms with van der Waals surface area (Å²) in [5, 5.41) is 14.2. The number of tetrazole rings is 1. The minimum Gasteiger partial charge on any atom is -0.497 e. The first-order valence-electron chi connectivity index (χ1n) is 7.92.